The Morgan fingerprint density at radius 2 is 2.33 bits per heavy atom. The first-order valence-electron chi connectivity index (χ1n) is 5.78. The molecule has 98 valence electrons. The van der Waals surface area contributed by atoms with Crippen molar-refractivity contribution >= 4 is 43.6 Å². The van der Waals surface area contributed by atoms with Crippen molar-refractivity contribution in [2.45, 2.75) is 24.7 Å². The molecule has 0 saturated carbocycles. The van der Waals surface area contributed by atoms with Crippen molar-refractivity contribution in [1.82, 2.24) is 4.98 Å². The van der Waals surface area contributed by atoms with Crippen molar-refractivity contribution in [3.05, 3.63) is 22.3 Å². The quantitative estimate of drug-likeness (QED) is 0.600. The molecular weight excluding hydrogens is 364 g/mol. The Labute approximate surface area is 123 Å². The topological polar surface area (TPSA) is 42.4 Å². The number of ether oxygens (including phenoxy) is 1. The molecule has 1 amide bonds. The Morgan fingerprint density at radius 1 is 1.56 bits per heavy atom. The molecule has 2 rings (SSSR count). The van der Waals surface area contributed by atoms with Crippen LogP contribution in [0.1, 0.15) is 18.9 Å². The number of halogens is 2. The van der Waals surface area contributed by atoms with E-state index in [0.29, 0.717) is 12.4 Å². The van der Waals surface area contributed by atoms with Crippen LogP contribution in [0.15, 0.2) is 16.7 Å². The summed E-state index contributed by atoms with van der Waals surface area (Å²) >= 11 is 6.80. The zero-order chi connectivity index (χ0) is 13.1. The lowest BCUT2D eigenvalue weighted by Crippen LogP contribution is -2.49. The first kappa shape index (κ1) is 14.0. The monoisotopic (exact) mass is 376 g/mol. The molecule has 0 aliphatic carbocycles. The summed E-state index contributed by atoms with van der Waals surface area (Å²) in [7, 11) is 0. The molecule has 18 heavy (non-hydrogen) atoms. The predicted octanol–water partition coefficient (Wildman–Crippen LogP) is 2.88. The molecule has 6 heteroatoms. The van der Waals surface area contributed by atoms with Crippen LogP contribution >= 0.6 is 31.9 Å². The number of hydrogen-bond acceptors (Lipinski definition) is 3. The summed E-state index contributed by atoms with van der Waals surface area (Å²) in [5.74, 6) is 0.665. The van der Waals surface area contributed by atoms with Gasteiger partial charge in [0.25, 0.3) is 5.91 Å². The van der Waals surface area contributed by atoms with Gasteiger partial charge in [-0.25, -0.2) is 4.98 Å². The van der Waals surface area contributed by atoms with E-state index in [0.717, 1.165) is 21.9 Å². The first-order chi connectivity index (χ1) is 8.65. The number of nitrogens with zero attached hydrogens (tertiary/aromatic N) is 2. The lowest BCUT2D eigenvalue weighted by atomic mass is 10.1. The lowest BCUT2D eigenvalue weighted by molar-refractivity contribution is -0.127. The Morgan fingerprint density at radius 3 is 3.00 bits per heavy atom. The van der Waals surface area contributed by atoms with Crippen LogP contribution in [0.4, 0.5) is 5.82 Å². The number of amides is 1. The van der Waals surface area contributed by atoms with E-state index in [9.17, 15) is 4.79 Å². The predicted molar refractivity (Wildman–Crippen MR) is 77.0 cm³/mol. The van der Waals surface area contributed by atoms with Crippen LogP contribution in [0.2, 0.25) is 0 Å². The molecule has 0 N–H and O–H groups in total. The molecule has 1 aromatic rings. The van der Waals surface area contributed by atoms with Gasteiger partial charge in [0.05, 0.1) is 12.6 Å². The number of morpholine rings is 1. The van der Waals surface area contributed by atoms with Crippen molar-refractivity contribution in [3.63, 3.8) is 0 Å². The molecule has 1 unspecified atom stereocenters. The summed E-state index contributed by atoms with van der Waals surface area (Å²) in [5, 5.41) is 0.733. The van der Waals surface area contributed by atoms with Gasteiger partial charge in [-0.3, -0.25) is 9.69 Å². The molecule has 1 atom stereocenters. The van der Waals surface area contributed by atoms with Crippen LogP contribution in [0, 0.1) is 0 Å². The summed E-state index contributed by atoms with van der Waals surface area (Å²) in [6, 6.07) is 3.94. The van der Waals surface area contributed by atoms with E-state index in [1.807, 2.05) is 19.1 Å². The summed E-state index contributed by atoms with van der Waals surface area (Å²) in [5.41, 5.74) is 1.08. The molecule has 4 nitrogen and oxygen atoms in total. The van der Waals surface area contributed by atoms with Gasteiger partial charge in [-0.2, -0.15) is 0 Å². The summed E-state index contributed by atoms with van der Waals surface area (Å²) < 4.78 is 6.02. The second kappa shape index (κ2) is 6.12. The van der Waals surface area contributed by atoms with E-state index in [2.05, 4.69) is 36.8 Å². The zero-order valence-corrected chi connectivity index (χ0v) is 13.2. The van der Waals surface area contributed by atoms with Crippen LogP contribution in [-0.2, 0) is 14.9 Å². The van der Waals surface area contributed by atoms with Crippen LogP contribution in [0.25, 0.3) is 0 Å². The number of rotatable bonds is 3. The smallest absolute Gasteiger partial charge is 0.254 e. The highest BCUT2D eigenvalue weighted by atomic mass is 79.9. The molecule has 0 aromatic carbocycles. The van der Waals surface area contributed by atoms with Gasteiger partial charge in [0.2, 0.25) is 0 Å². The van der Waals surface area contributed by atoms with Crippen molar-refractivity contribution in [1.29, 1.82) is 0 Å². The van der Waals surface area contributed by atoms with Crippen molar-refractivity contribution in [2.75, 3.05) is 18.1 Å². The third kappa shape index (κ3) is 2.92. The third-order valence-corrected chi connectivity index (χ3v) is 3.94. The summed E-state index contributed by atoms with van der Waals surface area (Å²) in [6.07, 6.45) is 0.851. The fraction of sp³-hybridized carbons (Fsp3) is 0.500. The van der Waals surface area contributed by atoms with Gasteiger partial charge in [-0.1, -0.05) is 22.9 Å². The zero-order valence-electron chi connectivity index (χ0n) is 10.0. The Bertz CT molecular complexity index is 454. The Hall–Kier alpha value is -0.460. The molecular formula is C12H14Br2N2O2. The Balaban J connectivity index is 2.38. The minimum Gasteiger partial charge on any atom is -0.369 e. The standard InChI is InChI=1S/C12H14Br2N2O2/c1-2-9-6-18-7-12(17)16(9)11-4-8(5-13)3-10(14)15-11/h3-4,9H,2,5-7H2,1H3. The average Bonchev–Trinajstić information content (AvgIpc) is 2.37. The van der Waals surface area contributed by atoms with E-state index < -0.39 is 0 Å². The molecule has 0 spiro atoms. The number of pyridine rings is 1. The van der Waals surface area contributed by atoms with Crippen molar-refractivity contribution < 1.29 is 9.53 Å². The first-order valence-corrected chi connectivity index (χ1v) is 7.69. The molecule has 1 aliphatic rings. The van der Waals surface area contributed by atoms with Gasteiger partial charge in [-0.15, -0.1) is 0 Å². The van der Waals surface area contributed by atoms with Gasteiger partial charge >= 0.3 is 0 Å². The fourth-order valence-electron chi connectivity index (χ4n) is 1.98. The summed E-state index contributed by atoms with van der Waals surface area (Å²) in [6.45, 7) is 2.75. The van der Waals surface area contributed by atoms with Crippen LogP contribution in [-0.4, -0.2) is 30.1 Å². The van der Waals surface area contributed by atoms with Gasteiger partial charge in [0.1, 0.15) is 17.0 Å². The third-order valence-electron chi connectivity index (χ3n) is 2.88. The molecule has 1 aliphatic heterocycles. The molecule has 0 bridgehead atoms. The number of carbonyl (C=O) groups excluding carboxylic acids is 1. The maximum Gasteiger partial charge on any atom is 0.254 e. The maximum atomic E-state index is 12.0. The van der Waals surface area contributed by atoms with Gasteiger partial charge < -0.3 is 4.74 Å². The second-order valence-corrected chi connectivity index (χ2v) is 5.50. The highest BCUT2D eigenvalue weighted by molar-refractivity contribution is 9.10. The van der Waals surface area contributed by atoms with E-state index in [1.165, 1.54) is 0 Å². The van der Waals surface area contributed by atoms with Gasteiger partial charge in [-0.05, 0) is 40.0 Å². The van der Waals surface area contributed by atoms with Gasteiger partial charge in [0, 0.05) is 5.33 Å². The minimum atomic E-state index is -0.0285. The van der Waals surface area contributed by atoms with E-state index in [4.69, 9.17) is 4.74 Å². The van der Waals surface area contributed by atoms with Crippen LogP contribution < -0.4 is 4.90 Å². The average molecular weight is 378 g/mol. The number of carbonyl (C=O) groups is 1. The van der Waals surface area contributed by atoms with Crippen molar-refractivity contribution in [3.8, 4) is 0 Å². The SMILES string of the molecule is CCC1COCC(=O)N1c1cc(CBr)cc(Br)n1. The van der Waals surface area contributed by atoms with E-state index >= 15 is 0 Å². The molecule has 1 saturated heterocycles. The number of aromatic nitrogens is 1. The maximum absolute atomic E-state index is 12.0. The van der Waals surface area contributed by atoms with E-state index in [1.54, 1.807) is 4.90 Å². The number of hydrogen-bond donors (Lipinski definition) is 0. The second-order valence-electron chi connectivity index (χ2n) is 4.13. The minimum absolute atomic E-state index is 0.0285. The van der Waals surface area contributed by atoms with E-state index in [-0.39, 0.29) is 18.6 Å². The molecule has 1 aromatic heterocycles. The largest absolute Gasteiger partial charge is 0.369 e. The lowest BCUT2D eigenvalue weighted by Gasteiger charge is -2.34. The van der Waals surface area contributed by atoms with Crippen molar-refractivity contribution in [2.24, 2.45) is 0 Å². The normalized spacial score (nSPS) is 20.3. The molecule has 2 heterocycles. The van der Waals surface area contributed by atoms with Gasteiger partial charge in [0.15, 0.2) is 0 Å². The highest BCUT2D eigenvalue weighted by Crippen LogP contribution is 2.24. The molecule has 0 radical (unpaired) electrons. The highest BCUT2D eigenvalue weighted by Gasteiger charge is 2.30. The number of alkyl halides is 1. The number of anilines is 1. The molecule has 1 fully saturated rings. The van der Waals surface area contributed by atoms with Crippen LogP contribution in [0.3, 0.4) is 0 Å². The Kier molecular flexibility index (Phi) is 4.75. The van der Waals surface area contributed by atoms with Crippen LogP contribution in [0.5, 0.6) is 0 Å². The summed E-state index contributed by atoms with van der Waals surface area (Å²) in [4.78, 5) is 18.2. The fourth-order valence-corrected chi connectivity index (χ4v) is 2.78.